The number of hydrogen-bond donors (Lipinski definition) is 1. The first kappa shape index (κ1) is 14.1. The molecule has 3 nitrogen and oxygen atoms in total. The van der Waals surface area contributed by atoms with Gasteiger partial charge in [-0.25, -0.2) is 0 Å². The summed E-state index contributed by atoms with van der Waals surface area (Å²) in [6.45, 7) is 4.38. The number of nitrogens with one attached hydrogen (secondary N) is 1. The predicted octanol–water partition coefficient (Wildman–Crippen LogP) is 3.11. The predicted molar refractivity (Wildman–Crippen MR) is 86.2 cm³/mol. The monoisotopic (exact) mass is 282 g/mol. The first-order valence-corrected chi connectivity index (χ1v) is 7.74. The summed E-state index contributed by atoms with van der Waals surface area (Å²) in [5, 5.41) is 5.85. The summed E-state index contributed by atoms with van der Waals surface area (Å²) in [6.07, 6.45) is 2.29. The molecule has 0 bridgehead atoms. The van der Waals surface area contributed by atoms with Gasteiger partial charge in [-0.3, -0.25) is 4.79 Å². The zero-order chi connectivity index (χ0) is 14.7. The summed E-state index contributed by atoms with van der Waals surface area (Å²) in [7, 11) is 0. The topological polar surface area (TPSA) is 32.3 Å². The smallest absolute Gasteiger partial charge is 0.236 e. The Hall–Kier alpha value is -1.87. The summed E-state index contributed by atoms with van der Waals surface area (Å²) >= 11 is 0. The Bertz CT molecular complexity index is 632. The van der Waals surface area contributed by atoms with E-state index >= 15 is 0 Å². The fourth-order valence-corrected chi connectivity index (χ4v) is 2.91. The maximum Gasteiger partial charge on any atom is 0.236 e. The van der Waals surface area contributed by atoms with Crippen LogP contribution in [-0.2, 0) is 4.79 Å². The molecule has 0 aromatic heterocycles. The van der Waals surface area contributed by atoms with Gasteiger partial charge >= 0.3 is 0 Å². The van der Waals surface area contributed by atoms with Gasteiger partial charge in [0.25, 0.3) is 0 Å². The van der Waals surface area contributed by atoms with Crippen molar-refractivity contribution in [3.63, 3.8) is 0 Å². The lowest BCUT2D eigenvalue weighted by molar-refractivity contribution is -0.129. The Balaban J connectivity index is 1.63. The van der Waals surface area contributed by atoms with E-state index in [4.69, 9.17) is 0 Å². The molecule has 2 aromatic carbocycles. The van der Waals surface area contributed by atoms with Gasteiger partial charge in [0.1, 0.15) is 0 Å². The molecule has 1 amide bonds. The second-order valence-corrected chi connectivity index (χ2v) is 5.80. The maximum atomic E-state index is 12.1. The lowest BCUT2D eigenvalue weighted by atomic mass is 10.0. The van der Waals surface area contributed by atoms with Crippen molar-refractivity contribution in [3.05, 3.63) is 48.0 Å². The Morgan fingerprint density at radius 3 is 2.62 bits per heavy atom. The maximum absolute atomic E-state index is 12.1. The van der Waals surface area contributed by atoms with Gasteiger partial charge in [0.05, 0.1) is 6.54 Å². The highest BCUT2D eigenvalue weighted by Crippen LogP contribution is 2.20. The van der Waals surface area contributed by atoms with Crippen molar-refractivity contribution in [2.45, 2.75) is 25.8 Å². The number of hydrogen-bond acceptors (Lipinski definition) is 2. The van der Waals surface area contributed by atoms with Gasteiger partial charge in [0, 0.05) is 19.1 Å². The van der Waals surface area contributed by atoms with Crippen molar-refractivity contribution < 1.29 is 4.79 Å². The van der Waals surface area contributed by atoms with Crippen LogP contribution >= 0.6 is 0 Å². The van der Waals surface area contributed by atoms with Crippen LogP contribution in [0, 0.1) is 0 Å². The number of fused-ring (bicyclic) bond motifs is 1. The first-order valence-electron chi connectivity index (χ1n) is 7.74. The molecule has 110 valence electrons. The number of benzene rings is 2. The lowest BCUT2D eigenvalue weighted by Crippen LogP contribution is -2.37. The number of nitrogens with zero attached hydrogens (tertiary/aromatic N) is 1. The fraction of sp³-hybridized carbons (Fsp3) is 0.389. The minimum absolute atomic E-state index is 0.182. The van der Waals surface area contributed by atoms with Crippen molar-refractivity contribution in [3.8, 4) is 0 Å². The third kappa shape index (κ3) is 3.24. The summed E-state index contributed by atoms with van der Waals surface area (Å²) in [4.78, 5) is 14.0. The van der Waals surface area contributed by atoms with E-state index in [9.17, 15) is 4.79 Å². The van der Waals surface area contributed by atoms with Crippen LogP contribution in [0.25, 0.3) is 10.8 Å². The lowest BCUT2D eigenvalue weighted by Gasteiger charge is -2.19. The largest absolute Gasteiger partial charge is 0.342 e. The van der Waals surface area contributed by atoms with Gasteiger partial charge in [0.2, 0.25) is 5.91 Å². The zero-order valence-electron chi connectivity index (χ0n) is 12.5. The van der Waals surface area contributed by atoms with Crippen LogP contribution in [-0.4, -0.2) is 30.4 Å². The molecule has 1 aliphatic rings. The van der Waals surface area contributed by atoms with Crippen LogP contribution in [0.15, 0.2) is 42.5 Å². The standard InChI is InChI=1S/C18H22N2O/c1-14(19-13-18(21)20-10-4-5-11-20)16-9-8-15-6-2-3-7-17(15)12-16/h2-3,6-9,12,14,19H,4-5,10-11,13H2,1H3. The molecular weight excluding hydrogens is 260 g/mol. The average molecular weight is 282 g/mol. The van der Waals surface area contributed by atoms with Gasteiger partial charge in [0.15, 0.2) is 0 Å². The van der Waals surface area contributed by atoms with E-state index < -0.39 is 0 Å². The highest BCUT2D eigenvalue weighted by Gasteiger charge is 2.18. The van der Waals surface area contributed by atoms with Crippen LogP contribution in [0.4, 0.5) is 0 Å². The number of carbonyl (C=O) groups excluding carboxylic acids is 1. The molecular formula is C18H22N2O. The molecule has 0 aliphatic carbocycles. The van der Waals surface area contributed by atoms with Crippen molar-refractivity contribution in [1.29, 1.82) is 0 Å². The van der Waals surface area contributed by atoms with Gasteiger partial charge in [-0.1, -0.05) is 36.4 Å². The number of amides is 1. The summed E-state index contributed by atoms with van der Waals surface area (Å²) < 4.78 is 0. The van der Waals surface area contributed by atoms with E-state index in [1.165, 1.54) is 16.3 Å². The first-order chi connectivity index (χ1) is 10.2. The summed E-state index contributed by atoms with van der Waals surface area (Å²) in [6, 6.07) is 15.0. The molecule has 1 saturated heterocycles. The third-order valence-corrected chi connectivity index (χ3v) is 4.29. The van der Waals surface area contributed by atoms with E-state index in [1.54, 1.807) is 0 Å². The van der Waals surface area contributed by atoms with Crippen molar-refractivity contribution in [1.82, 2.24) is 10.2 Å². The molecule has 21 heavy (non-hydrogen) atoms. The van der Waals surface area contributed by atoms with E-state index in [0.29, 0.717) is 6.54 Å². The van der Waals surface area contributed by atoms with Crippen molar-refractivity contribution in [2.75, 3.05) is 19.6 Å². The number of likely N-dealkylation sites (tertiary alicyclic amines) is 1. The molecule has 3 rings (SSSR count). The third-order valence-electron chi connectivity index (χ3n) is 4.29. The minimum Gasteiger partial charge on any atom is -0.342 e. The van der Waals surface area contributed by atoms with Crippen LogP contribution in [0.2, 0.25) is 0 Å². The Morgan fingerprint density at radius 2 is 1.86 bits per heavy atom. The van der Waals surface area contributed by atoms with Gasteiger partial charge in [-0.05, 0) is 42.2 Å². The molecule has 1 atom stereocenters. The van der Waals surface area contributed by atoms with E-state index in [-0.39, 0.29) is 11.9 Å². The normalized spacial score (nSPS) is 16.3. The summed E-state index contributed by atoms with van der Waals surface area (Å²) in [5.41, 5.74) is 1.22. The van der Waals surface area contributed by atoms with Gasteiger partial charge in [-0.2, -0.15) is 0 Å². The van der Waals surface area contributed by atoms with Crippen molar-refractivity contribution >= 4 is 16.7 Å². The molecule has 0 radical (unpaired) electrons. The van der Waals surface area contributed by atoms with Crippen LogP contribution in [0.5, 0.6) is 0 Å². The minimum atomic E-state index is 0.182. The van der Waals surface area contributed by atoms with E-state index in [1.807, 2.05) is 4.90 Å². The second kappa shape index (κ2) is 6.27. The SMILES string of the molecule is CC(NCC(=O)N1CCCC1)c1ccc2ccccc2c1. The van der Waals surface area contributed by atoms with E-state index in [0.717, 1.165) is 25.9 Å². The van der Waals surface area contributed by atoms with Gasteiger partial charge in [-0.15, -0.1) is 0 Å². The Morgan fingerprint density at radius 1 is 1.14 bits per heavy atom. The highest BCUT2D eigenvalue weighted by molar-refractivity contribution is 5.83. The zero-order valence-corrected chi connectivity index (χ0v) is 12.5. The van der Waals surface area contributed by atoms with E-state index in [2.05, 4.69) is 54.7 Å². The van der Waals surface area contributed by atoms with Crippen LogP contribution in [0.3, 0.4) is 0 Å². The Kier molecular flexibility index (Phi) is 4.20. The van der Waals surface area contributed by atoms with Crippen LogP contribution < -0.4 is 5.32 Å². The number of carbonyl (C=O) groups is 1. The highest BCUT2D eigenvalue weighted by atomic mass is 16.2. The fourth-order valence-electron chi connectivity index (χ4n) is 2.91. The second-order valence-electron chi connectivity index (χ2n) is 5.80. The molecule has 1 heterocycles. The summed E-state index contributed by atoms with van der Waals surface area (Å²) in [5.74, 6) is 0.222. The Labute approximate surface area is 125 Å². The molecule has 0 saturated carbocycles. The molecule has 1 unspecified atom stereocenters. The molecule has 2 aromatic rings. The number of rotatable bonds is 4. The molecule has 0 spiro atoms. The molecule has 3 heteroatoms. The molecule has 1 N–H and O–H groups in total. The quantitative estimate of drug-likeness (QED) is 0.934. The van der Waals surface area contributed by atoms with Crippen LogP contribution in [0.1, 0.15) is 31.4 Å². The van der Waals surface area contributed by atoms with Crippen molar-refractivity contribution in [2.24, 2.45) is 0 Å². The molecule has 1 fully saturated rings. The average Bonchev–Trinajstić information content (AvgIpc) is 3.06. The molecule has 1 aliphatic heterocycles. The van der Waals surface area contributed by atoms with Gasteiger partial charge < -0.3 is 10.2 Å².